The summed E-state index contributed by atoms with van der Waals surface area (Å²) in [5.41, 5.74) is 1.13. The molecule has 0 fully saturated rings. The summed E-state index contributed by atoms with van der Waals surface area (Å²) in [6.07, 6.45) is 5.55. The van der Waals surface area contributed by atoms with E-state index in [2.05, 4.69) is 17.2 Å². The maximum absolute atomic E-state index is 13.3. The number of benzene rings is 1. The lowest BCUT2D eigenvalue weighted by molar-refractivity contribution is -0.431. The Kier molecular flexibility index (Phi) is 9.53. The van der Waals surface area contributed by atoms with Crippen molar-refractivity contribution in [2.45, 2.75) is 26.8 Å². The predicted molar refractivity (Wildman–Crippen MR) is 126 cm³/mol. The summed E-state index contributed by atoms with van der Waals surface area (Å²) in [4.78, 5) is 37.7. The summed E-state index contributed by atoms with van der Waals surface area (Å²) in [6, 6.07) is 11.1. The Hall–Kier alpha value is -4.45. The van der Waals surface area contributed by atoms with Gasteiger partial charge in [-0.3, -0.25) is 14.9 Å². The quantitative estimate of drug-likeness (QED) is 0.179. The van der Waals surface area contributed by atoms with Gasteiger partial charge in [-0.1, -0.05) is 55.1 Å². The molecule has 2 rings (SSSR count). The first kappa shape index (κ1) is 25.8. The summed E-state index contributed by atoms with van der Waals surface area (Å²) < 4.78 is 5.17. The number of amides is 1. The van der Waals surface area contributed by atoms with Gasteiger partial charge in [-0.15, -0.1) is 0 Å². The molecule has 9 heteroatoms. The van der Waals surface area contributed by atoms with Crippen molar-refractivity contribution >= 4 is 11.9 Å². The maximum Gasteiger partial charge on any atom is 0.337 e. The average molecular weight is 463 g/mol. The Morgan fingerprint density at radius 3 is 2.53 bits per heavy atom. The highest BCUT2D eigenvalue weighted by atomic mass is 16.6. The first-order chi connectivity index (χ1) is 16.3. The molecule has 1 amide bonds. The number of carbonyl (C=O) groups excluding carboxylic acids is 2. The number of rotatable bonds is 10. The molecule has 0 saturated carbocycles. The number of hydrogen-bond acceptors (Lipinski definition) is 7. The third-order valence-electron chi connectivity index (χ3n) is 4.99. The minimum absolute atomic E-state index is 0.0312. The van der Waals surface area contributed by atoms with E-state index in [4.69, 9.17) is 10.00 Å². The van der Waals surface area contributed by atoms with Crippen LogP contribution in [0.4, 0.5) is 0 Å². The lowest BCUT2D eigenvalue weighted by Gasteiger charge is -2.29. The molecule has 1 heterocycles. The number of dihydropyridines is 1. The fraction of sp³-hybridized carbons (Fsp3) is 0.240. The van der Waals surface area contributed by atoms with E-state index in [9.17, 15) is 19.7 Å². The van der Waals surface area contributed by atoms with Gasteiger partial charge in [0.25, 0.3) is 5.70 Å². The highest BCUT2D eigenvalue weighted by Gasteiger charge is 2.43. The molecule has 9 nitrogen and oxygen atoms in total. The first-order valence-electron chi connectivity index (χ1n) is 10.5. The van der Waals surface area contributed by atoms with E-state index in [1.165, 1.54) is 24.3 Å². The van der Waals surface area contributed by atoms with E-state index in [1.807, 2.05) is 36.4 Å². The molecule has 1 aliphatic rings. The molecule has 1 aromatic rings. The van der Waals surface area contributed by atoms with Gasteiger partial charge in [0.1, 0.15) is 12.5 Å². The number of allylic oxidation sites excluding steroid dienone is 7. The maximum atomic E-state index is 13.3. The number of nitro groups is 1. The molecule has 1 unspecified atom stereocenters. The van der Waals surface area contributed by atoms with Crippen molar-refractivity contribution < 1.29 is 19.2 Å². The highest BCUT2D eigenvalue weighted by molar-refractivity contribution is 6.01. The molecule has 0 spiro atoms. The van der Waals surface area contributed by atoms with Gasteiger partial charge in [0.05, 0.1) is 28.6 Å². The number of esters is 1. The lowest BCUT2D eigenvalue weighted by atomic mass is 9.82. The van der Waals surface area contributed by atoms with E-state index in [0.717, 1.165) is 5.56 Å². The van der Waals surface area contributed by atoms with Crippen molar-refractivity contribution in [2.24, 2.45) is 5.92 Å². The second-order valence-electron chi connectivity index (χ2n) is 7.32. The van der Waals surface area contributed by atoms with Crippen LogP contribution in [0.3, 0.4) is 0 Å². The smallest absolute Gasteiger partial charge is 0.337 e. The minimum Gasteiger partial charge on any atom is -0.461 e. The van der Waals surface area contributed by atoms with Crippen LogP contribution in [0.15, 0.2) is 89.5 Å². The van der Waals surface area contributed by atoms with Crippen LogP contribution in [0.5, 0.6) is 0 Å². The molecule has 0 aliphatic carbocycles. The Balaban J connectivity index is 2.53. The van der Waals surface area contributed by atoms with Crippen LogP contribution in [-0.2, 0) is 20.9 Å². The summed E-state index contributed by atoms with van der Waals surface area (Å²) in [5.74, 6) is -2.70. The summed E-state index contributed by atoms with van der Waals surface area (Å²) in [7, 11) is 0. The van der Waals surface area contributed by atoms with Crippen LogP contribution in [0.25, 0.3) is 0 Å². The van der Waals surface area contributed by atoms with Crippen LogP contribution in [-0.4, -0.2) is 23.4 Å². The second kappa shape index (κ2) is 12.6. The van der Waals surface area contributed by atoms with Gasteiger partial charge in [-0.25, -0.2) is 4.79 Å². The van der Waals surface area contributed by atoms with E-state index >= 15 is 0 Å². The largest absolute Gasteiger partial charge is 0.461 e. The zero-order valence-corrected chi connectivity index (χ0v) is 19.0. The summed E-state index contributed by atoms with van der Waals surface area (Å²) >= 11 is 0. The van der Waals surface area contributed by atoms with Crippen LogP contribution < -0.4 is 10.6 Å². The Morgan fingerprint density at radius 1 is 1.24 bits per heavy atom. The van der Waals surface area contributed by atoms with Crippen LogP contribution in [0.1, 0.15) is 25.8 Å². The molecule has 0 saturated heterocycles. The number of nitriles is 1. The molecule has 0 aromatic heterocycles. The fourth-order valence-corrected chi connectivity index (χ4v) is 3.50. The van der Waals surface area contributed by atoms with Crippen molar-refractivity contribution in [3.63, 3.8) is 0 Å². The molecule has 176 valence electrons. The highest BCUT2D eigenvalue weighted by Crippen LogP contribution is 2.36. The van der Waals surface area contributed by atoms with Crippen molar-refractivity contribution in [1.82, 2.24) is 10.6 Å². The molecule has 0 bridgehead atoms. The predicted octanol–water partition coefficient (Wildman–Crippen LogP) is 3.43. The normalized spacial score (nSPS) is 16.0. The summed E-state index contributed by atoms with van der Waals surface area (Å²) in [5, 5.41) is 26.6. The molecule has 1 aliphatic heterocycles. The Morgan fingerprint density at radius 2 is 1.91 bits per heavy atom. The number of nitrogens with one attached hydrogen (secondary N) is 2. The van der Waals surface area contributed by atoms with Crippen molar-refractivity contribution in [3.05, 3.63) is 105 Å². The summed E-state index contributed by atoms with van der Waals surface area (Å²) in [6.45, 7) is 6.75. The topological polar surface area (TPSA) is 134 Å². The van der Waals surface area contributed by atoms with E-state index in [0.29, 0.717) is 11.4 Å². The number of ether oxygens (including phenoxy) is 1. The van der Waals surface area contributed by atoms with Gasteiger partial charge in [0.2, 0.25) is 5.91 Å². The Bertz CT molecular complexity index is 1120. The second-order valence-corrected chi connectivity index (χ2v) is 7.32. The third kappa shape index (κ3) is 6.53. The molecular formula is C25H26N4O5. The van der Waals surface area contributed by atoms with Gasteiger partial charge >= 0.3 is 5.97 Å². The third-order valence-corrected chi connectivity index (χ3v) is 4.99. The van der Waals surface area contributed by atoms with E-state index in [1.54, 1.807) is 13.8 Å². The molecule has 1 atom stereocenters. The zero-order chi connectivity index (χ0) is 25.1. The number of hydrogen-bond donors (Lipinski definition) is 2. The monoisotopic (exact) mass is 462 g/mol. The molecule has 0 radical (unpaired) electrons. The molecular weight excluding hydrogens is 436 g/mol. The van der Waals surface area contributed by atoms with Gasteiger partial charge in [0.15, 0.2) is 0 Å². The van der Waals surface area contributed by atoms with Gasteiger partial charge in [-0.2, -0.15) is 5.26 Å². The first-order valence-corrected chi connectivity index (χ1v) is 10.5. The molecule has 1 aromatic carbocycles. The SMILES string of the molecule is C=C/C=C\C=C(\C1C(C(=O)NCc2ccccc2)=C(C)NC(C)=C1C(=O)OCCC#N)[N+](=O)[O-]. The Labute approximate surface area is 197 Å². The van der Waals surface area contributed by atoms with Crippen LogP contribution in [0, 0.1) is 27.4 Å². The number of carbonyl (C=O) groups is 2. The van der Waals surface area contributed by atoms with Crippen molar-refractivity contribution in [3.8, 4) is 6.07 Å². The van der Waals surface area contributed by atoms with E-state index < -0.39 is 22.7 Å². The minimum atomic E-state index is -1.30. The van der Waals surface area contributed by atoms with Crippen molar-refractivity contribution in [2.75, 3.05) is 6.61 Å². The van der Waals surface area contributed by atoms with Crippen molar-refractivity contribution in [1.29, 1.82) is 5.26 Å². The molecule has 34 heavy (non-hydrogen) atoms. The van der Waals surface area contributed by atoms with Gasteiger partial charge < -0.3 is 15.4 Å². The number of nitrogens with zero attached hydrogens (tertiary/aromatic N) is 2. The zero-order valence-electron chi connectivity index (χ0n) is 19.0. The van der Waals surface area contributed by atoms with Gasteiger partial charge in [-0.05, 0) is 19.4 Å². The molecule has 2 N–H and O–H groups in total. The van der Waals surface area contributed by atoms with Crippen LogP contribution in [0.2, 0.25) is 0 Å². The standard InChI is InChI=1S/C25H26N4O5/c1-4-5-7-13-20(29(32)33)23-21(24(30)27-16-19-11-8-6-9-12-19)17(2)28-18(3)22(23)25(31)34-15-10-14-26/h4-9,11-13,23,28H,1,10,15-16H2,2-3H3,(H,27,30)/b7-5-,20-13-. The lowest BCUT2D eigenvalue weighted by Crippen LogP contribution is -2.39. The fourth-order valence-electron chi connectivity index (χ4n) is 3.50. The average Bonchev–Trinajstić information content (AvgIpc) is 2.80. The van der Waals surface area contributed by atoms with E-state index in [-0.39, 0.29) is 36.4 Å². The van der Waals surface area contributed by atoms with Gasteiger partial charge in [0, 0.05) is 24.0 Å². The van der Waals surface area contributed by atoms with Crippen LogP contribution >= 0.6 is 0 Å².